The third kappa shape index (κ3) is 3.64. The number of benzene rings is 1. The smallest absolute Gasteiger partial charge is 0.657 e. The molecule has 1 heterocycles. The number of hydrogen-bond donors (Lipinski definition) is 0. The van der Waals surface area contributed by atoms with Crippen molar-refractivity contribution in [1.82, 2.24) is 4.90 Å². The van der Waals surface area contributed by atoms with E-state index in [0.717, 1.165) is 6.54 Å². The van der Waals surface area contributed by atoms with Crippen molar-refractivity contribution in [3.63, 3.8) is 0 Å². The molecule has 0 radical (unpaired) electrons. The molecule has 1 aliphatic rings. The van der Waals surface area contributed by atoms with Crippen LogP contribution in [0.25, 0.3) is 5.32 Å². The van der Waals surface area contributed by atoms with Gasteiger partial charge in [-0.1, -0.05) is 41.9 Å². The first kappa shape index (κ1) is 13.8. The summed E-state index contributed by atoms with van der Waals surface area (Å²) in [6.07, 6.45) is 2.70. The molecule has 1 atom stereocenters. The number of rotatable bonds is 4. The first-order chi connectivity index (χ1) is 7.40. The second kappa shape index (κ2) is 7.14. The van der Waals surface area contributed by atoms with Gasteiger partial charge in [0, 0.05) is 0 Å². The number of likely N-dealkylation sites (tertiary alicyclic amines) is 1. The monoisotopic (exact) mass is 210 g/mol. The molecule has 1 aromatic carbocycles. The molecule has 1 saturated heterocycles. The fourth-order valence-electron chi connectivity index (χ4n) is 2.22. The average Bonchev–Trinajstić information content (AvgIpc) is 2.80. The van der Waals surface area contributed by atoms with Crippen molar-refractivity contribution in [2.75, 3.05) is 26.7 Å². The van der Waals surface area contributed by atoms with E-state index in [1.165, 1.54) is 31.5 Å². The molecule has 0 spiro atoms. The van der Waals surface area contributed by atoms with Crippen LogP contribution in [0.1, 0.15) is 24.4 Å². The van der Waals surface area contributed by atoms with E-state index in [0.29, 0.717) is 6.04 Å². The SMILES string of the molecule is C[N-][C@@H](CN1CCCC1)c1ccccc1.[Li+]. The molecule has 2 rings (SSSR count). The summed E-state index contributed by atoms with van der Waals surface area (Å²) in [6, 6.07) is 11.0. The maximum atomic E-state index is 4.48. The molecule has 0 unspecified atom stereocenters. The fourth-order valence-corrected chi connectivity index (χ4v) is 2.22. The molecule has 1 fully saturated rings. The van der Waals surface area contributed by atoms with E-state index in [2.05, 4.69) is 40.5 Å². The second-order valence-corrected chi connectivity index (χ2v) is 4.19. The van der Waals surface area contributed by atoms with Crippen LogP contribution >= 0.6 is 0 Å². The quantitative estimate of drug-likeness (QED) is 0.631. The molecule has 0 aromatic heterocycles. The summed E-state index contributed by atoms with van der Waals surface area (Å²) in [5.41, 5.74) is 1.34. The van der Waals surface area contributed by atoms with Crippen LogP contribution in [-0.4, -0.2) is 31.6 Å². The topological polar surface area (TPSA) is 17.3 Å². The second-order valence-electron chi connectivity index (χ2n) is 4.19. The van der Waals surface area contributed by atoms with E-state index in [1.54, 1.807) is 0 Å². The molecule has 0 amide bonds. The standard InChI is InChI=1S/C13H19N2.Li/c1-14-13(11-15-9-5-6-10-15)12-7-3-2-4-8-12;/h2-4,7-8,13H,5-6,9-11H2,1H3;/q-1;+1/t13-;/m0./s1. The van der Waals surface area contributed by atoms with Gasteiger partial charge >= 0.3 is 18.9 Å². The Kier molecular flexibility index (Phi) is 6.16. The fraction of sp³-hybridized carbons (Fsp3) is 0.538. The molecule has 0 aliphatic carbocycles. The normalized spacial score (nSPS) is 18.1. The van der Waals surface area contributed by atoms with Crippen LogP contribution in [0.3, 0.4) is 0 Å². The number of likely N-dealkylation sites (N-methyl/N-ethyl adjacent to an activating group) is 1. The zero-order valence-corrected chi connectivity index (χ0v) is 10.4. The Balaban J connectivity index is 0.00000128. The van der Waals surface area contributed by atoms with Gasteiger partial charge in [-0.25, -0.2) is 0 Å². The molecule has 2 nitrogen and oxygen atoms in total. The first-order valence-corrected chi connectivity index (χ1v) is 5.76. The Morgan fingerprint density at radius 3 is 2.38 bits per heavy atom. The van der Waals surface area contributed by atoms with Crippen LogP contribution < -0.4 is 18.9 Å². The molecular formula is C13H19LiN2. The third-order valence-corrected chi connectivity index (χ3v) is 3.13. The minimum Gasteiger partial charge on any atom is -0.657 e. The zero-order chi connectivity index (χ0) is 10.5. The van der Waals surface area contributed by atoms with Gasteiger partial charge in [0.1, 0.15) is 0 Å². The van der Waals surface area contributed by atoms with Crippen molar-refractivity contribution in [2.45, 2.75) is 18.9 Å². The predicted molar refractivity (Wildman–Crippen MR) is 64.1 cm³/mol. The zero-order valence-electron chi connectivity index (χ0n) is 10.4. The maximum absolute atomic E-state index is 4.48. The van der Waals surface area contributed by atoms with E-state index in [4.69, 9.17) is 0 Å². The molecule has 0 bridgehead atoms. The Hall–Kier alpha value is -0.263. The van der Waals surface area contributed by atoms with Crippen molar-refractivity contribution < 1.29 is 18.9 Å². The Morgan fingerprint density at radius 2 is 1.81 bits per heavy atom. The number of nitrogens with zero attached hydrogens (tertiary/aromatic N) is 2. The minimum absolute atomic E-state index is 0. The van der Waals surface area contributed by atoms with E-state index in [1.807, 2.05) is 7.05 Å². The van der Waals surface area contributed by atoms with Gasteiger partial charge in [-0.2, -0.15) is 7.05 Å². The van der Waals surface area contributed by atoms with E-state index >= 15 is 0 Å². The van der Waals surface area contributed by atoms with Gasteiger partial charge < -0.3 is 10.2 Å². The largest absolute Gasteiger partial charge is 1.00 e. The van der Waals surface area contributed by atoms with Crippen LogP contribution in [0, 0.1) is 0 Å². The Bertz CT molecular complexity index is 283. The van der Waals surface area contributed by atoms with Gasteiger partial charge in [-0.15, -0.1) is 0 Å². The minimum atomic E-state index is 0. The summed E-state index contributed by atoms with van der Waals surface area (Å²) in [4.78, 5) is 2.52. The first-order valence-electron chi connectivity index (χ1n) is 5.76. The van der Waals surface area contributed by atoms with Gasteiger partial charge in [0.15, 0.2) is 0 Å². The summed E-state index contributed by atoms with van der Waals surface area (Å²) in [7, 11) is 1.92. The van der Waals surface area contributed by atoms with Crippen LogP contribution in [0.5, 0.6) is 0 Å². The van der Waals surface area contributed by atoms with Crippen molar-refractivity contribution in [2.24, 2.45) is 0 Å². The summed E-state index contributed by atoms with van der Waals surface area (Å²) in [6.45, 7) is 3.58. The summed E-state index contributed by atoms with van der Waals surface area (Å²) >= 11 is 0. The van der Waals surface area contributed by atoms with Gasteiger partial charge in [-0.3, -0.25) is 0 Å². The average molecular weight is 210 g/mol. The van der Waals surface area contributed by atoms with Gasteiger partial charge in [0.2, 0.25) is 0 Å². The molecule has 1 aromatic rings. The van der Waals surface area contributed by atoms with E-state index in [9.17, 15) is 0 Å². The van der Waals surface area contributed by atoms with Gasteiger partial charge in [0.05, 0.1) is 0 Å². The van der Waals surface area contributed by atoms with Gasteiger partial charge in [-0.05, 0) is 32.5 Å². The molecule has 0 N–H and O–H groups in total. The predicted octanol–water partition coefficient (Wildman–Crippen LogP) is -0.169. The van der Waals surface area contributed by atoms with Crippen molar-refractivity contribution >= 4 is 0 Å². The summed E-state index contributed by atoms with van der Waals surface area (Å²) < 4.78 is 0. The van der Waals surface area contributed by atoms with E-state index in [-0.39, 0.29) is 18.9 Å². The molecule has 0 saturated carbocycles. The molecule has 82 valence electrons. The Morgan fingerprint density at radius 1 is 1.19 bits per heavy atom. The molecule has 16 heavy (non-hydrogen) atoms. The van der Waals surface area contributed by atoms with Crippen molar-refractivity contribution in [1.29, 1.82) is 0 Å². The third-order valence-electron chi connectivity index (χ3n) is 3.13. The van der Waals surface area contributed by atoms with Crippen LogP contribution in [0.2, 0.25) is 0 Å². The molecule has 1 aliphatic heterocycles. The Labute approximate surface area is 111 Å². The van der Waals surface area contributed by atoms with Gasteiger partial charge in [0.25, 0.3) is 0 Å². The summed E-state index contributed by atoms with van der Waals surface area (Å²) in [5, 5.41) is 4.48. The van der Waals surface area contributed by atoms with Crippen LogP contribution in [0.15, 0.2) is 30.3 Å². The number of hydrogen-bond acceptors (Lipinski definition) is 1. The summed E-state index contributed by atoms with van der Waals surface area (Å²) in [5.74, 6) is 0. The van der Waals surface area contributed by atoms with Crippen molar-refractivity contribution in [3.8, 4) is 0 Å². The maximum Gasteiger partial charge on any atom is 1.00 e. The molecule has 3 heteroatoms. The van der Waals surface area contributed by atoms with E-state index < -0.39 is 0 Å². The van der Waals surface area contributed by atoms with Crippen molar-refractivity contribution in [3.05, 3.63) is 41.2 Å². The molecular weight excluding hydrogens is 191 g/mol. The van der Waals surface area contributed by atoms with Crippen LogP contribution in [0.4, 0.5) is 0 Å². The van der Waals surface area contributed by atoms with Crippen LogP contribution in [-0.2, 0) is 0 Å².